The van der Waals surface area contributed by atoms with Crippen LogP contribution in [0.5, 0.6) is 0 Å². The molecule has 1 amide bonds. The lowest BCUT2D eigenvalue weighted by molar-refractivity contribution is -0.190. The molecule has 7 heteroatoms. The van der Waals surface area contributed by atoms with E-state index in [9.17, 15) is 18.0 Å². The molecule has 0 aliphatic carbocycles. The normalized spacial score (nSPS) is 21.2. The summed E-state index contributed by atoms with van der Waals surface area (Å²) in [6, 6.07) is 4.06. The molecule has 1 heterocycles. The minimum absolute atomic E-state index is 0.0979. The zero-order valence-corrected chi connectivity index (χ0v) is 12.8. The number of hydrogen-bond donors (Lipinski definition) is 1. The van der Waals surface area contributed by atoms with Crippen molar-refractivity contribution in [2.45, 2.75) is 44.3 Å². The van der Waals surface area contributed by atoms with Crippen molar-refractivity contribution in [3.8, 4) is 0 Å². The smallest absolute Gasteiger partial charge is 0.321 e. The molecule has 1 aliphatic heterocycles. The Bertz CT molecular complexity index is 601. The maximum atomic E-state index is 13.8. The third kappa shape index (κ3) is 3.11. The van der Waals surface area contributed by atoms with Crippen molar-refractivity contribution >= 4 is 29.4 Å². The number of nitrogens with zero attached hydrogens (tertiary/aromatic N) is 1. The fourth-order valence-corrected chi connectivity index (χ4v) is 2.74. The van der Waals surface area contributed by atoms with Crippen molar-refractivity contribution in [2.75, 3.05) is 5.32 Å². The number of rotatable bonds is 4. The molecule has 120 valence electrons. The van der Waals surface area contributed by atoms with Gasteiger partial charge in [0.25, 0.3) is 5.91 Å². The summed E-state index contributed by atoms with van der Waals surface area (Å²) < 4.78 is 41.5. The molecule has 1 atom stereocenters. The third-order valence-electron chi connectivity index (χ3n) is 3.70. The van der Waals surface area contributed by atoms with Gasteiger partial charge in [-0.3, -0.25) is 9.79 Å². The number of anilines is 1. The molecule has 1 aliphatic rings. The summed E-state index contributed by atoms with van der Waals surface area (Å²) in [5.41, 5.74) is -2.45. The van der Waals surface area contributed by atoms with E-state index in [1.54, 1.807) is 0 Å². The van der Waals surface area contributed by atoms with E-state index in [0.29, 0.717) is 19.1 Å². The first kappa shape index (κ1) is 16.8. The first-order valence-corrected chi connectivity index (χ1v) is 7.41. The zero-order valence-electron chi connectivity index (χ0n) is 12.0. The molecule has 22 heavy (non-hydrogen) atoms. The van der Waals surface area contributed by atoms with Crippen molar-refractivity contribution in [1.29, 1.82) is 0 Å². The number of halogens is 4. The summed E-state index contributed by atoms with van der Waals surface area (Å²) in [6.07, 6.45) is -2.32. The van der Waals surface area contributed by atoms with Gasteiger partial charge in [0.1, 0.15) is 0 Å². The first-order chi connectivity index (χ1) is 10.3. The van der Waals surface area contributed by atoms with Gasteiger partial charge in [-0.25, -0.2) is 0 Å². The molecule has 0 saturated carbocycles. The van der Waals surface area contributed by atoms with E-state index >= 15 is 0 Å². The molecule has 0 spiro atoms. The van der Waals surface area contributed by atoms with Gasteiger partial charge in [-0.2, -0.15) is 13.2 Å². The third-order valence-corrected chi connectivity index (χ3v) is 3.93. The number of unbranched alkanes of at least 4 members (excludes halogenated alkanes) is 2. The quantitative estimate of drug-likeness (QED) is 0.798. The number of aliphatic imine (C=N–C) groups is 1. The highest BCUT2D eigenvalue weighted by atomic mass is 35.5. The Kier molecular flexibility index (Phi) is 4.80. The number of nitrogens with one attached hydrogen (secondary N) is 1. The standard InChI is InChI=1S/C15H16ClF3N2O/c1-2-3-4-7-14(15(17,18)19)11-8-10(16)5-6-12(11)21-13(22)9-20-14/h5-6,8-9H,2-4,7H2,1H3,(H,21,22). The summed E-state index contributed by atoms with van der Waals surface area (Å²) in [6.45, 7) is 1.91. The maximum absolute atomic E-state index is 13.8. The average Bonchev–Trinajstić information content (AvgIpc) is 2.56. The molecule has 1 aromatic carbocycles. The number of fused-ring (bicyclic) bond motifs is 1. The highest BCUT2D eigenvalue weighted by Gasteiger charge is 2.57. The topological polar surface area (TPSA) is 41.5 Å². The molecule has 1 aromatic rings. The van der Waals surface area contributed by atoms with Gasteiger partial charge in [0.2, 0.25) is 0 Å². The number of carbonyl (C=O) groups is 1. The predicted octanol–water partition coefficient (Wildman–Crippen LogP) is 4.70. The molecule has 0 saturated heterocycles. The lowest BCUT2D eigenvalue weighted by Crippen LogP contribution is -2.41. The summed E-state index contributed by atoms with van der Waals surface area (Å²) >= 11 is 5.87. The van der Waals surface area contributed by atoms with Crippen LogP contribution in [0.3, 0.4) is 0 Å². The Hall–Kier alpha value is -1.56. The molecular formula is C15H16ClF3N2O. The van der Waals surface area contributed by atoms with Crippen molar-refractivity contribution in [1.82, 2.24) is 0 Å². The van der Waals surface area contributed by atoms with Gasteiger partial charge < -0.3 is 5.32 Å². The van der Waals surface area contributed by atoms with Gasteiger partial charge in [0.05, 0.1) is 6.21 Å². The summed E-state index contributed by atoms with van der Waals surface area (Å²) in [4.78, 5) is 15.3. The fraction of sp³-hybridized carbons (Fsp3) is 0.467. The van der Waals surface area contributed by atoms with E-state index < -0.39 is 17.6 Å². The van der Waals surface area contributed by atoms with Crippen LogP contribution in [0.15, 0.2) is 23.2 Å². The maximum Gasteiger partial charge on any atom is 0.417 e. The van der Waals surface area contributed by atoms with Crippen molar-refractivity contribution in [3.63, 3.8) is 0 Å². The molecule has 3 nitrogen and oxygen atoms in total. The minimum atomic E-state index is -4.62. The van der Waals surface area contributed by atoms with Gasteiger partial charge in [0.15, 0.2) is 5.54 Å². The number of amides is 1. The van der Waals surface area contributed by atoms with Crippen molar-refractivity contribution in [3.05, 3.63) is 28.8 Å². The summed E-state index contributed by atoms with van der Waals surface area (Å²) in [7, 11) is 0. The van der Waals surface area contributed by atoms with Crippen LogP contribution in [0.1, 0.15) is 38.2 Å². The number of hydrogen-bond acceptors (Lipinski definition) is 2. The van der Waals surface area contributed by atoms with Crippen LogP contribution in [0.25, 0.3) is 0 Å². The van der Waals surface area contributed by atoms with Crippen molar-refractivity contribution < 1.29 is 18.0 Å². The molecular weight excluding hydrogens is 317 g/mol. The lowest BCUT2D eigenvalue weighted by atomic mass is 9.83. The zero-order chi connectivity index (χ0) is 16.4. The van der Waals surface area contributed by atoms with E-state index in [1.165, 1.54) is 18.2 Å². The van der Waals surface area contributed by atoms with Crippen LogP contribution in [-0.2, 0) is 10.3 Å². The van der Waals surface area contributed by atoms with Crippen LogP contribution in [0.2, 0.25) is 5.02 Å². The number of benzene rings is 1. The van der Waals surface area contributed by atoms with Crippen LogP contribution >= 0.6 is 11.6 Å². The molecule has 1 N–H and O–H groups in total. The second-order valence-corrected chi connectivity index (χ2v) is 5.69. The second kappa shape index (κ2) is 6.28. The monoisotopic (exact) mass is 332 g/mol. The molecule has 2 rings (SSSR count). The molecule has 0 bridgehead atoms. The van der Waals surface area contributed by atoms with Crippen LogP contribution in [0.4, 0.5) is 18.9 Å². The highest BCUT2D eigenvalue weighted by molar-refractivity contribution is 6.33. The average molecular weight is 333 g/mol. The minimum Gasteiger partial charge on any atom is -0.321 e. The lowest BCUT2D eigenvalue weighted by Gasteiger charge is -2.33. The van der Waals surface area contributed by atoms with E-state index in [4.69, 9.17) is 11.6 Å². The predicted molar refractivity (Wildman–Crippen MR) is 80.4 cm³/mol. The Morgan fingerprint density at radius 1 is 1.32 bits per heavy atom. The van der Waals surface area contributed by atoms with E-state index in [0.717, 1.165) is 6.42 Å². The molecule has 0 radical (unpaired) electrons. The van der Waals surface area contributed by atoms with E-state index in [1.807, 2.05) is 6.92 Å². The summed E-state index contributed by atoms with van der Waals surface area (Å²) in [5, 5.41) is 2.60. The number of alkyl halides is 3. The Morgan fingerprint density at radius 2 is 2.05 bits per heavy atom. The van der Waals surface area contributed by atoms with Crippen LogP contribution < -0.4 is 5.32 Å². The Morgan fingerprint density at radius 3 is 2.68 bits per heavy atom. The molecule has 0 aromatic heterocycles. The van der Waals surface area contributed by atoms with Gasteiger partial charge in [0, 0.05) is 16.3 Å². The highest BCUT2D eigenvalue weighted by Crippen LogP contribution is 2.49. The molecule has 1 unspecified atom stereocenters. The van der Waals surface area contributed by atoms with Gasteiger partial charge >= 0.3 is 6.18 Å². The van der Waals surface area contributed by atoms with Crippen LogP contribution in [0, 0.1) is 0 Å². The largest absolute Gasteiger partial charge is 0.417 e. The first-order valence-electron chi connectivity index (χ1n) is 7.03. The van der Waals surface area contributed by atoms with Crippen LogP contribution in [-0.4, -0.2) is 18.3 Å². The fourth-order valence-electron chi connectivity index (χ4n) is 2.57. The number of carbonyl (C=O) groups excluding carboxylic acids is 1. The molecule has 0 fully saturated rings. The van der Waals surface area contributed by atoms with Crippen molar-refractivity contribution in [2.24, 2.45) is 4.99 Å². The van der Waals surface area contributed by atoms with Gasteiger partial charge in [-0.15, -0.1) is 0 Å². The Balaban J connectivity index is 2.62. The summed E-state index contributed by atoms with van der Waals surface area (Å²) in [5.74, 6) is -0.676. The van der Waals surface area contributed by atoms with Gasteiger partial charge in [-0.1, -0.05) is 37.8 Å². The van der Waals surface area contributed by atoms with E-state index in [2.05, 4.69) is 10.3 Å². The second-order valence-electron chi connectivity index (χ2n) is 5.25. The Labute approximate surface area is 131 Å². The SMILES string of the molecule is CCCCCC1(C(F)(F)F)N=CC(=O)Nc2ccc(Cl)cc21. The van der Waals surface area contributed by atoms with Gasteiger partial charge in [-0.05, 0) is 24.6 Å². The van der Waals surface area contributed by atoms with E-state index in [-0.39, 0.29) is 22.7 Å².